The number of aromatic nitrogens is 1. The van der Waals surface area contributed by atoms with Gasteiger partial charge < -0.3 is 14.2 Å². The third-order valence-electron chi connectivity index (χ3n) is 3.39. The van der Waals surface area contributed by atoms with Crippen molar-refractivity contribution < 1.29 is 22.6 Å². The van der Waals surface area contributed by atoms with Crippen molar-refractivity contribution in [2.24, 2.45) is 0 Å². The van der Waals surface area contributed by atoms with E-state index in [4.69, 9.17) is 14.2 Å². The maximum Gasteiger partial charge on any atom is 0.231 e. The molecule has 24 heavy (non-hydrogen) atoms. The molecule has 1 aliphatic heterocycles. The average molecular weight is 350 g/mol. The number of benzene rings is 1. The van der Waals surface area contributed by atoms with Gasteiger partial charge in [0.25, 0.3) is 0 Å². The van der Waals surface area contributed by atoms with Crippen LogP contribution >= 0.6 is 0 Å². The zero-order chi connectivity index (χ0) is 16.8. The van der Waals surface area contributed by atoms with E-state index in [1.165, 1.54) is 0 Å². The molecular formula is C16H18N2O5S. The van der Waals surface area contributed by atoms with Crippen molar-refractivity contribution in [2.45, 2.75) is 13.0 Å². The van der Waals surface area contributed by atoms with E-state index in [9.17, 15) is 8.42 Å². The number of sulfonamides is 1. The predicted molar refractivity (Wildman–Crippen MR) is 87.5 cm³/mol. The quantitative estimate of drug-likeness (QED) is 0.729. The maximum atomic E-state index is 11.9. The predicted octanol–water partition coefficient (Wildman–Crippen LogP) is 1.70. The second-order valence-electron chi connectivity index (χ2n) is 5.22. The van der Waals surface area contributed by atoms with Gasteiger partial charge >= 0.3 is 0 Å². The average Bonchev–Trinajstić information content (AvgIpc) is 3.06. The molecule has 0 radical (unpaired) electrons. The van der Waals surface area contributed by atoms with Gasteiger partial charge in [0.2, 0.25) is 16.8 Å². The summed E-state index contributed by atoms with van der Waals surface area (Å²) in [5.74, 6) is 1.94. The third-order valence-corrected chi connectivity index (χ3v) is 4.80. The van der Waals surface area contributed by atoms with Crippen molar-refractivity contribution in [3.05, 3.63) is 48.3 Å². The van der Waals surface area contributed by atoms with Crippen molar-refractivity contribution in [2.75, 3.05) is 19.2 Å². The molecule has 0 unspecified atom stereocenters. The van der Waals surface area contributed by atoms with Crippen LogP contribution in [0.2, 0.25) is 0 Å². The van der Waals surface area contributed by atoms with Crippen LogP contribution in [0.3, 0.4) is 0 Å². The first kappa shape index (κ1) is 16.5. The summed E-state index contributed by atoms with van der Waals surface area (Å²) in [5, 5.41) is 0. The number of nitrogens with one attached hydrogen (secondary N) is 1. The van der Waals surface area contributed by atoms with Crippen LogP contribution in [0.15, 0.2) is 42.7 Å². The van der Waals surface area contributed by atoms with E-state index in [-0.39, 0.29) is 19.1 Å². The largest absolute Gasteiger partial charge is 0.493 e. The number of ether oxygens (including phenoxy) is 3. The number of nitrogens with zero attached hydrogens (tertiary/aromatic N) is 1. The van der Waals surface area contributed by atoms with Crippen LogP contribution in [0.5, 0.6) is 17.2 Å². The second kappa shape index (κ2) is 7.50. The van der Waals surface area contributed by atoms with E-state index in [0.29, 0.717) is 30.3 Å². The highest BCUT2D eigenvalue weighted by Crippen LogP contribution is 2.35. The van der Waals surface area contributed by atoms with E-state index >= 15 is 0 Å². The third kappa shape index (κ3) is 4.59. The standard InChI is InChI=1S/C16H18N2O5S/c19-24(20,18-11-13-3-1-6-17-10-13)8-2-7-21-14-4-5-15-16(9-14)23-12-22-15/h1,3-6,9-10,18H,2,7-8,11-12H2. The molecule has 0 atom stereocenters. The molecule has 0 aliphatic carbocycles. The van der Waals surface area contributed by atoms with Gasteiger partial charge in [-0.25, -0.2) is 13.1 Å². The number of rotatable bonds is 8. The molecule has 3 rings (SSSR count). The van der Waals surface area contributed by atoms with Crippen molar-refractivity contribution in [1.82, 2.24) is 9.71 Å². The molecule has 1 aromatic carbocycles. The molecular weight excluding hydrogens is 332 g/mol. The first-order valence-electron chi connectivity index (χ1n) is 7.51. The van der Waals surface area contributed by atoms with Crippen LogP contribution in [0.1, 0.15) is 12.0 Å². The molecule has 128 valence electrons. The Morgan fingerprint density at radius 3 is 2.92 bits per heavy atom. The summed E-state index contributed by atoms with van der Waals surface area (Å²) in [6.07, 6.45) is 3.66. The maximum absolute atomic E-state index is 11.9. The smallest absolute Gasteiger partial charge is 0.231 e. The summed E-state index contributed by atoms with van der Waals surface area (Å²) in [7, 11) is -3.35. The summed E-state index contributed by atoms with van der Waals surface area (Å²) < 4.78 is 42.5. The molecule has 0 saturated carbocycles. The fourth-order valence-electron chi connectivity index (χ4n) is 2.17. The Bertz CT molecular complexity index is 780. The molecule has 7 nitrogen and oxygen atoms in total. The van der Waals surface area contributed by atoms with Gasteiger partial charge in [0.1, 0.15) is 5.75 Å². The number of hydrogen-bond acceptors (Lipinski definition) is 6. The van der Waals surface area contributed by atoms with Crippen molar-refractivity contribution in [3.8, 4) is 17.2 Å². The monoisotopic (exact) mass is 350 g/mol. The fourth-order valence-corrected chi connectivity index (χ4v) is 3.20. The summed E-state index contributed by atoms with van der Waals surface area (Å²) in [5.41, 5.74) is 0.817. The molecule has 0 fully saturated rings. The Morgan fingerprint density at radius 2 is 2.08 bits per heavy atom. The lowest BCUT2D eigenvalue weighted by atomic mass is 10.3. The second-order valence-corrected chi connectivity index (χ2v) is 7.14. The first-order valence-corrected chi connectivity index (χ1v) is 9.16. The molecule has 0 saturated heterocycles. The summed E-state index contributed by atoms with van der Waals surface area (Å²) >= 11 is 0. The van der Waals surface area contributed by atoms with Crippen LogP contribution in [0, 0.1) is 0 Å². The van der Waals surface area contributed by atoms with Gasteiger partial charge in [-0.15, -0.1) is 0 Å². The fraction of sp³-hybridized carbons (Fsp3) is 0.312. The Balaban J connectivity index is 1.40. The highest BCUT2D eigenvalue weighted by molar-refractivity contribution is 7.89. The van der Waals surface area contributed by atoms with Gasteiger partial charge in [0.15, 0.2) is 11.5 Å². The van der Waals surface area contributed by atoms with Crippen molar-refractivity contribution in [1.29, 1.82) is 0 Å². The van der Waals surface area contributed by atoms with Crippen molar-refractivity contribution in [3.63, 3.8) is 0 Å². The SMILES string of the molecule is O=S(=O)(CCCOc1ccc2c(c1)OCO2)NCc1cccnc1. The van der Waals surface area contributed by atoms with Gasteiger partial charge in [-0.3, -0.25) is 4.98 Å². The normalized spacial score (nSPS) is 13.0. The van der Waals surface area contributed by atoms with E-state index in [2.05, 4.69) is 9.71 Å². The summed E-state index contributed by atoms with van der Waals surface area (Å²) in [4.78, 5) is 3.95. The lowest BCUT2D eigenvalue weighted by Gasteiger charge is -2.08. The molecule has 0 amide bonds. The highest BCUT2D eigenvalue weighted by Gasteiger charge is 2.14. The molecule has 2 aromatic rings. The van der Waals surface area contributed by atoms with Crippen LogP contribution in [-0.4, -0.2) is 32.6 Å². The van der Waals surface area contributed by atoms with E-state index in [0.717, 1.165) is 5.56 Å². The van der Waals surface area contributed by atoms with E-state index in [1.807, 2.05) is 6.07 Å². The summed E-state index contributed by atoms with van der Waals surface area (Å²) in [6, 6.07) is 8.85. The zero-order valence-corrected chi connectivity index (χ0v) is 13.8. The lowest BCUT2D eigenvalue weighted by molar-refractivity contribution is 0.173. The molecule has 1 aliphatic rings. The molecule has 0 bridgehead atoms. The Morgan fingerprint density at radius 1 is 1.21 bits per heavy atom. The molecule has 2 heterocycles. The zero-order valence-electron chi connectivity index (χ0n) is 13.0. The minimum Gasteiger partial charge on any atom is -0.493 e. The van der Waals surface area contributed by atoms with Crippen LogP contribution in [-0.2, 0) is 16.6 Å². The van der Waals surface area contributed by atoms with Gasteiger partial charge in [-0.1, -0.05) is 6.07 Å². The van der Waals surface area contributed by atoms with Gasteiger partial charge in [-0.2, -0.15) is 0 Å². The van der Waals surface area contributed by atoms with Crippen LogP contribution in [0.25, 0.3) is 0 Å². The molecule has 8 heteroatoms. The Labute approximate surface area is 140 Å². The van der Waals surface area contributed by atoms with Gasteiger partial charge in [0, 0.05) is 25.0 Å². The van der Waals surface area contributed by atoms with Crippen LogP contribution < -0.4 is 18.9 Å². The molecule has 0 spiro atoms. The van der Waals surface area contributed by atoms with Gasteiger partial charge in [-0.05, 0) is 30.2 Å². The Kier molecular flexibility index (Phi) is 5.17. The topological polar surface area (TPSA) is 86.8 Å². The van der Waals surface area contributed by atoms with Crippen molar-refractivity contribution >= 4 is 10.0 Å². The van der Waals surface area contributed by atoms with E-state index in [1.54, 1.807) is 36.7 Å². The Hall–Kier alpha value is -2.32. The van der Waals surface area contributed by atoms with Crippen LogP contribution in [0.4, 0.5) is 0 Å². The van der Waals surface area contributed by atoms with E-state index < -0.39 is 10.0 Å². The van der Waals surface area contributed by atoms with Gasteiger partial charge in [0.05, 0.1) is 12.4 Å². The minimum atomic E-state index is -3.35. The molecule has 1 N–H and O–H groups in total. The first-order chi connectivity index (χ1) is 11.6. The summed E-state index contributed by atoms with van der Waals surface area (Å²) in [6.45, 7) is 0.742. The lowest BCUT2D eigenvalue weighted by Crippen LogP contribution is -2.26. The number of pyridine rings is 1. The highest BCUT2D eigenvalue weighted by atomic mass is 32.2. The number of fused-ring (bicyclic) bond motifs is 1. The minimum absolute atomic E-state index is 0.00217. The molecule has 1 aromatic heterocycles. The number of hydrogen-bond donors (Lipinski definition) is 1.